The Morgan fingerprint density at radius 2 is 1.93 bits per heavy atom. The molecule has 0 bridgehead atoms. The predicted octanol–water partition coefficient (Wildman–Crippen LogP) is 0.562. The maximum atomic E-state index is 11.4. The number of nitrogens with zero attached hydrogens (tertiary/aromatic N) is 1. The van der Waals surface area contributed by atoms with Gasteiger partial charge < -0.3 is 10.2 Å². The van der Waals surface area contributed by atoms with Crippen molar-refractivity contribution in [3.8, 4) is 0 Å². The third kappa shape index (κ3) is 1.91. The fraction of sp³-hybridized carbons (Fsp3) is 0.375. The van der Waals surface area contributed by atoms with Gasteiger partial charge in [0.2, 0.25) is 0 Å². The molecule has 0 aromatic carbocycles. The van der Waals surface area contributed by atoms with Crippen molar-refractivity contribution in [3.05, 3.63) is 20.2 Å². The summed E-state index contributed by atoms with van der Waals surface area (Å²) < 4.78 is 0.969. The summed E-state index contributed by atoms with van der Waals surface area (Å²) in [5.41, 5.74) is 0.174. The molecule has 6 nitrogen and oxygen atoms in total. The molecule has 2 N–H and O–H groups in total. The largest absolute Gasteiger partial charge is 0.480 e. The van der Waals surface area contributed by atoms with Crippen LogP contribution in [0.4, 0.5) is 0 Å². The molecular weight excluding hydrogens is 222 g/mol. The van der Waals surface area contributed by atoms with Gasteiger partial charge in [-0.3, -0.25) is 9.36 Å². The highest BCUT2D eigenvalue weighted by molar-refractivity contribution is 7.11. The maximum absolute atomic E-state index is 11.4. The van der Waals surface area contributed by atoms with E-state index in [1.807, 2.05) is 0 Å². The van der Waals surface area contributed by atoms with Gasteiger partial charge in [-0.2, -0.15) is 0 Å². The molecule has 1 unspecified atom stereocenters. The van der Waals surface area contributed by atoms with Gasteiger partial charge in [-0.1, -0.05) is 11.3 Å². The monoisotopic (exact) mass is 231 g/mol. The molecule has 82 valence electrons. The zero-order chi connectivity index (χ0) is 11.7. The summed E-state index contributed by atoms with van der Waals surface area (Å²) >= 11 is 0.539. The Morgan fingerprint density at radius 3 is 2.27 bits per heavy atom. The van der Waals surface area contributed by atoms with Crippen molar-refractivity contribution >= 4 is 23.3 Å². The number of thiazole rings is 1. The average Bonchev–Trinajstić information content (AvgIpc) is 2.41. The van der Waals surface area contributed by atoms with E-state index >= 15 is 0 Å². The number of hydrogen-bond donors (Lipinski definition) is 2. The molecule has 0 spiro atoms. The Bertz CT molecular complexity index is 472. The fourth-order valence-electron chi connectivity index (χ4n) is 1.21. The minimum absolute atomic E-state index is 0.117. The van der Waals surface area contributed by atoms with Crippen LogP contribution in [0.1, 0.15) is 28.3 Å². The molecule has 0 aliphatic heterocycles. The second-order valence-electron chi connectivity index (χ2n) is 2.97. The third-order valence-electron chi connectivity index (χ3n) is 2.01. The third-order valence-corrected chi connectivity index (χ3v) is 3.06. The van der Waals surface area contributed by atoms with Gasteiger partial charge in [0.25, 0.3) is 0 Å². The first-order valence-electron chi connectivity index (χ1n) is 4.04. The van der Waals surface area contributed by atoms with Crippen LogP contribution in [-0.2, 0) is 4.79 Å². The van der Waals surface area contributed by atoms with E-state index < -0.39 is 22.9 Å². The smallest absolute Gasteiger partial charge is 0.347 e. The average molecular weight is 231 g/mol. The van der Waals surface area contributed by atoms with E-state index in [4.69, 9.17) is 10.2 Å². The van der Waals surface area contributed by atoms with E-state index in [0.29, 0.717) is 11.3 Å². The maximum Gasteiger partial charge on any atom is 0.347 e. The van der Waals surface area contributed by atoms with Crippen LogP contribution in [-0.4, -0.2) is 26.7 Å². The molecule has 0 saturated carbocycles. The van der Waals surface area contributed by atoms with Crippen molar-refractivity contribution in [1.82, 2.24) is 4.57 Å². The van der Waals surface area contributed by atoms with Crippen LogP contribution in [0, 0.1) is 6.92 Å². The highest BCUT2D eigenvalue weighted by Gasteiger charge is 2.23. The molecular formula is C8H9NO5S. The molecule has 0 saturated heterocycles. The highest BCUT2D eigenvalue weighted by Crippen LogP contribution is 2.16. The van der Waals surface area contributed by atoms with E-state index in [-0.39, 0.29) is 10.6 Å². The number of rotatable bonds is 3. The Balaban J connectivity index is 3.38. The fourth-order valence-corrected chi connectivity index (χ4v) is 2.12. The van der Waals surface area contributed by atoms with Crippen molar-refractivity contribution in [2.45, 2.75) is 19.9 Å². The second-order valence-corrected chi connectivity index (χ2v) is 3.93. The lowest BCUT2D eigenvalue weighted by atomic mass is 10.3. The summed E-state index contributed by atoms with van der Waals surface area (Å²) in [7, 11) is 0. The van der Waals surface area contributed by atoms with Gasteiger partial charge in [0.1, 0.15) is 10.9 Å². The Labute approximate surface area is 88.4 Å². The van der Waals surface area contributed by atoms with Crippen LogP contribution >= 0.6 is 11.3 Å². The van der Waals surface area contributed by atoms with Crippen molar-refractivity contribution < 1.29 is 19.8 Å². The van der Waals surface area contributed by atoms with E-state index in [1.54, 1.807) is 0 Å². The summed E-state index contributed by atoms with van der Waals surface area (Å²) in [5, 5.41) is 17.5. The van der Waals surface area contributed by atoms with Crippen LogP contribution in [0.3, 0.4) is 0 Å². The minimum Gasteiger partial charge on any atom is -0.480 e. The van der Waals surface area contributed by atoms with Gasteiger partial charge in [-0.25, -0.2) is 9.59 Å². The quantitative estimate of drug-likeness (QED) is 0.792. The van der Waals surface area contributed by atoms with Crippen LogP contribution in [0.15, 0.2) is 4.79 Å². The van der Waals surface area contributed by atoms with Gasteiger partial charge >= 0.3 is 16.8 Å². The zero-order valence-corrected chi connectivity index (χ0v) is 8.87. The van der Waals surface area contributed by atoms with Crippen LogP contribution < -0.4 is 4.87 Å². The number of hydrogen-bond acceptors (Lipinski definition) is 4. The lowest BCUT2D eigenvalue weighted by Gasteiger charge is -2.08. The number of carbonyl (C=O) groups is 2. The molecule has 0 aliphatic rings. The minimum atomic E-state index is -1.22. The molecule has 7 heteroatoms. The van der Waals surface area contributed by atoms with Crippen molar-refractivity contribution in [2.75, 3.05) is 0 Å². The Hall–Kier alpha value is -1.63. The van der Waals surface area contributed by atoms with Crippen molar-refractivity contribution in [1.29, 1.82) is 0 Å². The van der Waals surface area contributed by atoms with Crippen LogP contribution in [0.5, 0.6) is 0 Å². The second kappa shape index (κ2) is 3.85. The van der Waals surface area contributed by atoms with E-state index in [2.05, 4.69) is 0 Å². The first kappa shape index (κ1) is 11.4. The zero-order valence-electron chi connectivity index (χ0n) is 8.05. The molecule has 0 radical (unpaired) electrons. The summed E-state index contributed by atoms with van der Waals surface area (Å²) in [5.74, 6) is -2.39. The predicted molar refractivity (Wildman–Crippen MR) is 52.6 cm³/mol. The first-order chi connectivity index (χ1) is 6.86. The number of aromatic carboxylic acids is 1. The SMILES string of the molecule is Cc1c(C(=O)O)sc(=O)n1C(C)C(=O)O. The van der Waals surface area contributed by atoms with Gasteiger partial charge in [-0.05, 0) is 13.8 Å². The molecule has 15 heavy (non-hydrogen) atoms. The van der Waals surface area contributed by atoms with Crippen molar-refractivity contribution in [2.24, 2.45) is 0 Å². The highest BCUT2D eigenvalue weighted by atomic mass is 32.1. The normalized spacial score (nSPS) is 12.4. The molecule has 1 heterocycles. The lowest BCUT2D eigenvalue weighted by Crippen LogP contribution is -2.25. The summed E-state index contributed by atoms with van der Waals surface area (Å²) in [6.07, 6.45) is 0. The first-order valence-corrected chi connectivity index (χ1v) is 4.86. The molecule has 1 aromatic heterocycles. The molecule has 0 amide bonds. The molecule has 1 rings (SSSR count). The van der Waals surface area contributed by atoms with E-state index in [1.165, 1.54) is 13.8 Å². The summed E-state index contributed by atoms with van der Waals surface area (Å²) in [6, 6.07) is -1.05. The van der Waals surface area contributed by atoms with Crippen molar-refractivity contribution in [3.63, 3.8) is 0 Å². The number of carboxylic acid groups (broad SMARTS) is 2. The molecule has 0 aliphatic carbocycles. The van der Waals surface area contributed by atoms with Crippen LogP contribution in [0.2, 0.25) is 0 Å². The molecule has 1 aromatic rings. The summed E-state index contributed by atoms with van der Waals surface area (Å²) in [6.45, 7) is 2.75. The van der Waals surface area contributed by atoms with Gasteiger partial charge in [0.15, 0.2) is 0 Å². The van der Waals surface area contributed by atoms with Gasteiger partial charge in [0.05, 0.1) is 0 Å². The Kier molecular flexibility index (Phi) is 2.94. The van der Waals surface area contributed by atoms with Gasteiger partial charge in [-0.15, -0.1) is 0 Å². The number of carboxylic acids is 2. The number of aromatic nitrogens is 1. The van der Waals surface area contributed by atoms with Gasteiger partial charge in [0, 0.05) is 5.69 Å². The molecule has 0 fully saturated rings. The standard InChI is InChI=1S/C8H9NO5S/c1-3-5(7(12)13)15-8(14)9(3)4(2)6(10)11/h4H,1-2H3,(H,10,11)(H,12,13). The topological polar surface area (TPSA) is 96.6 Å². The lowest BCUT2D eigenvalue weighted by molar-refractivity contribution is -0.140. The summed E-state index contributed by atoms with van der Waals surface area (Å²) in [4.78, 5) is 32.1. The Morgan fingerprint density at radius 1 is 1.40 bits per heavy atom. The van der Waals surface area contributed by atoms with Crippen LogP contribution in [0.25, 0.3) is 0 Å². The molecule has 1 atom stereocenters. The van der Waals surface area contributed by atoms with E-state index in [9.17, 15) is 14.4 Å². The van der Waals surface area contributed by atoms with E-state index in [0.717, 1.165) is 4.57 Å². The number of aliphatic carboxylic acids is 1.